The Morgan fingerprint density at radius 3 is 2.28 bits per heavy atom. The third kappa shape index (κ3) is 5.50. The van der Waals surface area contributed by atoms with Crippen molar-refractivity contribution in [3.05, 3.63) is 59.1 Å². The van der Waals surface area contributed by atoms with Gasteiger partial charge in [0.05, 0.1) is 11.3 Å². The summed E-state index contributed by atoms with van der Waals surface area (Å²) in [4.78, 5) is 24.6. The molecule has 0 heterocycles. The first-order valence-corrected chi connectivity index (χ1v) is 8.37. The molecule has 0 aliphatic heterocycles. The number of hydrogen-bond donors (Lipinski definition) is 2. The lowest BCUT2D eigenvalue weighted by molar-refractivity contribution is -0.122. The molecule has 0 unspecified atom stereocenters. The lowest BCUT2D eigenvalue weighted by atomic mass is 10.1. The van der Waals surface area contributed by atoms with Crippen LogP contribution in [0.5, 0.6) is 5.75 Å². The van der Waals surface area contributed by atoms with Gasteiger partial charge < -0.3 is 15.4 Å². The fraction of sp³-hybridized carbons (Fsp3) is 0.263. The van der Waals surface area contributed by atoms with E-state index in [2.05, 4.69) is 10.6 Å². The molecule has 6 heteroatoms. The Kier molecular flexibility index (Phi) is 6.42. The van der Waals surface area contributed by atoms with Crippen LogP contribution in [0.2, 0.25) is 5.02 Å². The minimum atomic E-state index is -0.734. The van der Waals surface area contributed by atoms with E-state index in [1.54, 1.807) is 55.5 Å². The van der Waals surface area contributed by atoms with Crippen molar-refractivity contribution in [2.75, 3.05) is 5.32 Å². The molecule has 2 amide bonds. The van der Waals surface area contributed by atoms with Crippen LogP contribution in [0, 0.1) is 0 Å². The molecule has 5 nitrogen and oxygen atoms in total. The van der Waals surface area contributed by atoms with Crippen LogP contribution in [0.3, 0.4) is 0 Å². The van der Waals surface area contributed by atoms with Crippen LogP contribution >= 0.6 is 11.6 Å². The van der Waals surface area contributed by atoms with E-state index in [1.807, 2.05) is 13.8 Å². The fourth-order valence-corrected chi connectivity index (χ4v) is 2.26. The molecule has 0 bridgehead atoms. The molecule has 0 spiro atoms. The van der Waals surface area contributed by atoms with Gasteiger partial charge in [0, 0.05) is 11.1 Å². The Labute approximate surface area is 152 Å². The molecule has 2 aromatic rings. The molecule has 2 rings (SSSR count). The second-order valence-electron chi connectivity index (χ2n) is 5.88. The molecule has 0 aromatic heterocycles. The number of amides is 2. The molecule has 0 saturated carbocycles. The number of hydrogen-bond acceptors (Lipinski definition) is 3. The molecule has 132 valence electrons. The minimum Gasteiger partial charge on any atom is -0.481 e. The maximum atomic E-state index is 12.4. The van der Waals surface area contributed by atoms with Crippen molar-refractivity contribution >= 4 is 29.1 Å². The zero-order valence-corrected chi connectivity index (χ0v) is 15.1. The molecular weight excluding hydrogens is 340 g/mol. The first kappa shape index (κ1) is 18.8. The highest BCUT2D eigenvalue weighted by molar-refractivity contribution is 6.30. The average Bonchev–Trinajstić information content (AvgIpc) is 2.56. The maximum absolute atomic E-state index is 12.4. The van der Waals surface area contributed by atoms with E-state index in [0.29, 0.717) is 22.0 Å². The minimum absolute atomic E-state index is 0.00317. The van der Waals surface area contributed by atoms with Gasteiger partial charge >= 0.3 is 0 Å². The Bertz CT molecular complexity index is 745. The van der Waals surface area contributed by atoms with Crippen molar-refractivity contribution in [3.63, 3.8) is 0 Å². The number of rotatable bonds is 6. The fourth-order valence-electron chi connectivity index (χ4n) is 2.14. The van der Waals surface area contributed by atoms with Gasteiger partial charge in [-0.05, 0) is 57.2 Å². The predicted molar refractivity (Wildman–Crippen MR) is 99.2 cm³/mol. The Hall–Kier alpha value is -2.53. The topological polar surface area (TPSA) is 67.4 Å². The van der Waals surface area contributed by atoms with Crippen molar-refractivity contribution < 1.29 is 14.3 Å². The number of carbonyl (C=O) groups is 2. The molecule has 2 N–H and O–H groups in total. The third-order valence-electron chi connectivity index (χ3n) is 3.35. The third-order valence-corrected chi connectivity index (χ3v) is 3.60. The first-order valence-electron chi connectivity index (χ1n) is 8.00. The van der Waals surface area contributed by atoms with E-state index in [-0.39, 0.29) is 17.9 Å². The SMILES string of the molecule is CC(C)NC(=O)c1ccccc1NC(=O)[C@@H](C)Oc1ccc(Cl)cc1. The molecule has 1 atom stereocenters. The molecule has 0 radical (unpaired) electrons. The summed E-state index contributed by atoms with van der Waals surface area (Å²) < 4.78 is 5.60. The normalized spacial score (nSPS) is 11.7. The van der Waals surface area contributed by atoms with Gasteiger partial charge in [-0.25, -0.2) is 0 Å². The zero-order valence-electron chi connectivity index (χ0n) is 14.4. The van der Waals surface area contributed by atoms with E-state index in [1.165, 1.54) is 0 Å². The number of benzene rings is 2. The number of anilines is 1. The van der Waals surface area contributed by atoms with Gasteiger partial charge in [0.1, 0.15) is 5.75 Å². The second-order valence-corrected chi connectivity index (χ2v) is 6.31. The molecular formula is C19H21ClN2O3. The van der Waals surface area contributed by atoms with Gasteiger partial charge in [-0.3, -0.25) is 9.59 Å². The van der Waals surface area contributed by atoms with Gasteiger partial charge in [-0.15, -0.1) is 0 Å². The largest absolute Gasteiger partial charge is 0.481 e. The van der Waals surface area contributed by atoms with Crippen LogP contribution in [0.25, 0.3) is 0 Å². The van der Waals surface area contributed by atoms with Crippen molar-refractivity contribution in [3.8, 4) is 5.75 Å². The van der Waals surface area contributed by atoms with Gasteiger partial charge in [-0.2, -0.15) is 0 Å². The Morgan fingerprint density at radius 1 is 1.00 bits per heavy atom. The van der Waals surface area contributed by atoms with Crippen LogP contribution in [-0.4, -0.2) is 24.0 Å². The molecule has 0 aliphatic carbocycles. The van der Waals surface area contributed by atoms with E-state index in [4.69, 9.17) is 16.3 Å². The number of para-hydroxylation sites is 1. The lowest BCUT2D eigenvalue weighted by Crippen LogP contribution is -2.33. The standard InChI is InChI=1S/C19H21ClN2O3/c1-12(2)21-19(24)16-6-4-5-7-17(16)22-18(23)13(3)25-15-10-8-14(20)9-11-15/h4-13H,1-3H3,(H,21,24)(H,22,23)/t13-/m1/s1. The van der Waals surface area contributed by atoms with Gasteiger partial charge in [-0.1, -0.05) is 23.7 Å². The van der Waals surface area contributed by atoms with Crippen LogP contribution in [0.4, 0.5) is 5.69 Å². The van der Waals surface area contributed by atoms with Gasteiger partial charge in [0.2, 0.25) is 0 Å². The highest BCUT2D eigenvalue weighted by Crippen LogP contribution is 2.19. The highest BCUT2D eigenvalue weighted by Gasteiger charge is 2.18. The summed E-state index contributed by atoms with van der Waals surface area (Å²) in [5, 5.41) is 6.15. The summed E-state index contributed by atoms with van der Waals surface area (Å²) in [5.41, 5.74) is 0.848. The van der Waals surface area contributed by atoms with E-state index >= 15 is 0 Å². The van der Waals surface area contributed by atoms with Crippen molar-refractivity contribution in [2.45, 2.75) is 32.9 Å². The summed E-state index contributed by atoms with van der Waals surface area (Å²) in [6, 6.07) is 13.6. The van der Waals surface area contributed by atoms with Crippen LogP contribution in [0.1, 0.15) is 31.1 Å². The lowest BCUT2D eigenvalue weighted by Gasteiger charge is -2.17. The first-order chi connectivity index (χ1) is 11.9. The molecule has 25 heavy (non-hydrogen) atoms. The Morgan fingerprint density at radius 2 is 1.64 bits per heavy atom. The van der Waals surface area contributed by atoms with E-state index in [9.17, 15) is 9.59 Å². The van der Waals surface area contributed by atoms with Crippen LogP contribution in [0.15, 0.2) is 48.5 Å². The van der Waals surface area contributed by atoms with Crippen molar-refractivity contribution in [1.29, 1.82) is 0 Å². The smallest absolute Gasteiger partial charge is 0.265 e. The summed E-state index contributed by atoms with van der Waals surface area (Å²) in [7, 11) is 0. The van der Waals surface area contributed by atoms with Crippen molar-refractivity contribution in [2.24, 2.45) is 0 Å². The summed E-state index contributed by atoms with van der Waals surface area (Å²) in [5.74, 6) is -0.0465. The molecule has 0 aliphatic rings. The molecule has 0 saturated heterocycles. The molecule has 0 fully saturated rings. The quantitative estimate of drug-likeness (QED) is 0.821. The summed E-state index contributed by atoms with van der Waals surface area (Å²) >= 11 is 5.83. The Balaban J connectivity index is 2.07. The van der Waals surface area contributed by atoms with Crippen molar-refractivity contribution in [1.82, 2.24) is 5.32 Å². The second kappa shape index (κ2) is 8.53. The zero-order chi connectivity index (χ0) is 18.4. The molecule has 2 aromatic carbocycles. The average molecular weight is 361 g/mol. The number of halogens is 1. The number of carbonyl (C=O) groups excluding carboxylic acids is 2. The van der Waals surface area contributed by atoms with Crippen LogP contribution in [-0.2, 0) is 4.79 Å². The van der Waals surface area contributed by atoms with Gasteiger partial charge in [0.25, 0.3) is 11.8 Å². The maximum Gasteiger partial charge on any atom is 0.265 e. The summed E-state index contributed by atoms with van der Waals surface area (Å²) in [6.45, 7) is 5.39. The highest BCUT2D eigenvalue weighted by atomic mass is 35.5. The van der Waals surface area contributed by atoms with E-state index in [0.717, 1.165) is 0 Å². The summed E-state index contributed by atoms with van der Waals surface area (Å²) in [6.07, 6.45) is -0.734. The van der Waals surface area contributed by atoms with Gasteiger partial charge in [0.15, 0.2) is 6.10 Å². The van der Waals surface area contributed by atoms with E-state index < -0.39 is 6.10 Å². The predicted octanol–water partition coefficient (Wildman–Crippen LogP) is 3.88. The van der Waals surface area contributed by atoms with Crippen LogP contribution < -0.4 is 15.4 Å². The number of ether oxygens (including phenoxy) is 1. The number of nitrogens with one attached hydrogen (secondary N) is 2. The monoisotopic (exact) mass is 360 g/mol.